The molecule has 0 spiro atoms. The lowest BCUT2D eigenvalue weighted by Gasteiger charge is -2.23. The van der Waals surface area contributed by atoms with Gasteiger partial charge in [0.25, 0.3) is 5.78 Å². The summed E-state index contributed by atoms with van der Waals surface area (Å²) in [6, 6.07) is 12.9. The number of phenols is 1. The van der Waals surface area contributed by atoms with E-state index in [9.17, 15) is 19.8 Å². The second-order valence-corrected chi connectivity index (χ2v) is 11.0. The molecule has 1 fully saturated rings. The number of Topliss-reactive ketones (excluding diaryl/α,β-unsaturated/α-hetero) is 1. The van der Waals surface area contributed by atoms with Gasteiger partial charge in [0.15, 0.2) is 16.6 Å². The van der Waals surface area contributed by atoms with Crippen molar-refractivity contribution in [1.29, 1.82) is 0 Å². The molecule has 8 nitrogen and oxygen atoms in total. The Kier molecular flexibility index (Phi) is 5.84. The maximum Gasteiger partial charge on any atom is 0.301 e. The van der Waals surface area contributed by atoms with Gasteiger partial charge in [-0.05, 0) is 79.4 Å². The summed E-state index contributed by atoms with van der Waals surface area (Å²) < 4.78 is 12.0. The van der Waals surface area contributed by atoms with Gasteiger partial charge in [0.05, 0.1) is 28.9 Å². The van der Waals surface area contributed by atoms with E-state index >= 15 is 0 Å². The number of rotatable bonds is 4. The zero-order valence-corrected chi connectivity index (χ0v) is 22.6. The number of thiazole rings is 1. The molecule has 9 heteroatoms. The summed E-state index contributed by atoms with van der Waals surface area (Å²) in [6.07, 6.45) is 0.687. The highest BCUT2D eigenvalue weighted by Crippen LogP contribution is 2.46. The molecule has 1 saturated heterocycles. The van der Waals surface area contributed by atoms with Gasteiger partial charge in [-0.15, -0.1) is 0 Å². The van der Waals surface area contributed by atoms with Crippen molar-refractivity contribution in [3.05, 3.63) is 81.9 Å². The summed E-state index contributed by atoms with van der Waals surface area (Å²) in [6.45, 7) is 5.90. The van der Waals surface area contributed by atoms with Crippen molar-refractivity contribution in [3.8, 4) is 17.2 Å². The number of fused-ring (bicyclic) bond motifs is 2. The molecule has 0 saturated carbocycles. The minimum atomic E-state index is -0.995. The van der Waals surface area contributed by atoms with Crippen LogP contribution in [-0.2, 0) is 16.0 Å². The molecule has 0 bridgehead atoms. The third kappa shape index (κ3) is 4.01. The van der Waals surface area contributed by atoms with Crippen LogP contribution >= 0.6 is 11.3 Å². The molecular formula is C30H26N2O6S. The number of benzene rings is 3. The Morgan fingerprint density at radius 3 is 2.69 bits per heavy atom. The molecule has 0 aliphatic carbocycles. The Morgan fingerprint density at radius 2 is 1.92 bits per heavy atom. The number of hydrogen-bond donors (Lipinski definition) is 2. The van der Waals surface area contributed by atoms with Crippen LogP contribution in [0.3, 0.4) is 0 Å². The first-order chi connectivity index (χ1) is 18.7. The molecule has 2 aliphatic heterocycles. The van der Waals surface area contributed by atoms with Crippen LogP contribution < -0.4 is 14.4 Å². The van der Waals surface area contributed by atoms with E-state index in [-0.39, 0.29) is 28.9 Å². The second-order valence-electron chi connectivity index (χ2n) is 9.98. The first-order valence-corrected chi connectivity index (χ1v) is 13.3. The zero-order chi connectivity index (χ0) is 27.6. The number of phenolic OH excluding ortho intramolecular Hbond substituents is 1. The number of aromatic hydroxyl groups is 1. The number of ketones is 1. The predicted octanol–water partition coefficient (Wildman–Crippen LogP) is 5.58. The first kappa shape index (κ1) is 24.9. The van der Waals surface area contributed by atoms with Gasteiger partial charge in [-0.25, -0.2) is 4.98 Å². The Hall–Kier alpha value is -4.37. The molecule has 2 atom stereocenters. The number of aliphatic hydroxyl groups is 1. The molecule has 0 radical (unpaired) electrons. The van der Waals surface area contributed by atoms with Crippen LogP contribution in [0.15, 0.2) is 54.1 Å². The average Bonchev–Trinajstić information content (AvgIpc) is 3.56. The van der Waals surface area contributed by atoms with Crippen LogP contribution in [-0.4, -0.2) is 40.1 Å². The molecule has 3 aromatic carbocycles. The van der Waals surface area contributed by atoms with E-state index in [4.69, 9.17) is 14.5 Å². The smallest absolute Gasteiger partial charge is 0.301 e. The van der Waals surface area contributed by atoms with Crippen LogP contribution in [0, 0.1) is 13.8 Å². The molecule has 6 rings (SSSR count). The Bertz CT molecular complexity index is 1720. The van der Waals surface area contributed by atoms with E-state index in [0.717, 1.165) is 32.7 Å². The van der Waals surface area contributed by atoms with E-state index in [1.54, 1.807) is 30.3 Å². The molecule has 1 amide bonds. The third-order valence-electron chi connectivity index (χ3n) is 7.16. The van der Waals surface area contributed by atoms with Crippen molar-refractivity contribution in [2.24, 2.45) is 0 Å². The van der Waals surface area contributed by atoms with Crippen molar-refractivity contribution in [2.45, 2.75) is 39.3 Å². The monoisotopic (exact) mass is 542 g/mol. The van der Waals surface area contributed by atoms with E-state index < -0.39 is 17.7 Å². The lowest BCUT2D eigenvalue weighted by molar-refractivity contribution is -0.132. The Morgan fingerprint density at radius 1 is 1.13 bits per heavy atom. The molecule has 198 valence electrons. The molecular weight excluding hydrogens is 516 g/mol. The number of carbonyl (C=O) groups is 2. The van der Waals surface area contributed by atoms with Crippen LogP contribution in [0.4, 0.5) is 5.13 Å². The standard InChI is InChI=1S/C30H26N2O6S/c1-14-9-15(2)25-23(10-14)39-30(31-25)32-26(17-5-7-20(33)22(13-17)37-4)24(28(35)29(32)36)27(34)18-6-8-21-19(12-18)11-16(3)38-21/h5-10,12-13,16,26,33-34H,11H2,1-4H3/b27-24+/t16-,26-/m0/s1. The molecule has 2 N–H and O–H groups in total. The SMILES string of the molecule is COc1cc([C@H]2/C(=C(\O)c3ccc4c(c3)C[C@H](C)O4)C(=O)C(=O)N2c2nc3c(C)cc(C)cc3s2)ccc1O. The summed E-state index contributed by atoms with van der Waals surface area (Å²) in [7, 11) is 1.42. The van der Waals surface area contributed by atoms with Gasteiger partial charge in [-0.3, -0.25) is 14.5 Å². The van der Waals surface area contributed by atoms with Gasteiger partial charge in [0.1, 0.15) is 17.6 Å². The van der Waals surface area contributed by atoms with Crippen molar-refractivity contribution in [2.75, 3.05) is 12.0 Å². The predicted molar refractivity (Wildman–Crippen MR) is 149 cm³/mol. The highest BCUT2D eigenvalue weighted by Gasteiger charge is 2.48. The van der Waals surface area contributed by atoms with E-state index in [1.807, 2.05) is 32.9 Å². The van der Waals surface area contributed by atoms with Crippen LogP contribution in [0.1, 0.15) is 40.8 Å². The van der Waals surface area contributed by atoms with Crippen molar-refractivity contribution < 1.29 is 29.3 Å². The maximum absolute atomic E-state index is 13.6. The van der Waals surface area contributed by atoms with Gasteiger partial charge in [0, 0.05) is 12.0 Å². The van der Waals surface area contributed by atoms with Gasteiger partial charge in [-0.1, -0.05) is 23.5 Å². The second kappa shape index (κ2) is 9.13. The fraction of sp³-hybridized carbons (Fsp3) is 0.233. The Labute approximate surface area is 228 Å². The van der Waals surface area contributed by atoms with Crippen LogP contribution in [0.5, 0.6) is 17.2 Å². The van der Waals surface area contributed by atoms with Crippen molar-refractivity contribution in [1.82, 2.24) is 4.98 Å². The molecule has 2 aliphatic rings. The van der Waals surface area contributed by atoms with Crippen molar-refractivity contribution >= 4 is 44.1 Å². The number of aromatic nitrogens is 1. The molecule has 1 aromatic heterocycles. The number of nitrogens with zero attached hydrogens (tertiary/aromatic N) is 2. The normalized spacial score (nSPS) is 19.9. The quantitative estimate of drug-likeness (QED) is 0.197. The van der Waals surface area contributed by atoms with Gasteiger partial charge in [0.2, 0.25) is 0 Å². The van der Waals surface area contributed by atoms with Crippen LogP contribution in [0.25, 0.3) is 16.0 Å². The topological polar surface area (TPSA) is 109 Å². The van der Waals surface area contributed by atoms with E-state index in [1.165, 1.54) is 29.4 Å². The first-order valence-electron chi connectivity index (χ1n) is 12.5. The number of methoxy groups -OCH3 is 1. The number of carbonyl (C=O) groups excluding carboxylic acids is 2. The summed E-state index contributed by atoms with van der Waals surface area (Å²) in [5, 5.41) is 22.1. The zero-order valence-electron chi connectivity index (χ0n) is 21.8. The minimum Gasteiger partial charge on any atom is -0.507 e. The molecule has 39 heavy (non-hydrogen) atoms. The lowest BCUT2D eigenvalue weighted by Crippen LogP contribution is -2.29. The number of ether oxygens (including phenoxy) is 2. The highest BCUT2D eigenvalue weighted by molar-refractivity contribution is 7.22. The summed E-state index contributed by atoms with van der Waals surface area (Å²) in [5.74, 6) is -1.07. The van der Waals surface area contributed by atoms with Gasteiger partial charge in [-0.2, -0.15) is 0 Å². The average molecular weight is 543 g/mol. The van der Waals surface area contributed by atoms with Gasteiger partial charge >= 0.3 is 5.91 Å². The number of hydrogen-bond acceptors (Lipinski definition) is 8. The fourth-order valence-corrected chi connectivity index (χ4v) is 6.56. The summed E-state index contributed by atoms with van der Waals surface area (Å²) >= 11 is 1.31. The molecule has 4 aromatic rings. The lowest BCUT2D eigenvalue weighted by atomic mass is 9.94. The number of anilines is 1. The van der Waals surface area contributed by atoms with E-state index in [2.05, 4.69) is 0 Å². The highest BCUT2D eigenvalue weighted by atomic mass is 32.1. The number of amides is 1. The van der Waals surface area contributed by atoms with E-state index in [0.29, 0.717) is 22.7 Å². The van der Waals surface area contributed by atoms with Gasteiger partial charge < -0.3 is 19.7 Å². The van der Waals surface area contributed by atoms with Crippen LogP contribution in [0.2, 0.25) is 0 Å². The molecule has 0 unspecified atom stereocenters. The van der Waals surface area contributed by atoms with Crippen molar-refractivity contribution in [3.63, 3.8) is 0 Å². The fourth-order valence-electron chi connectivity index (χ4n) is 5.40. The summed E-state index contributed by atoms with van der Waals surface area (Å²) in [5.41, 5.74) is 4.52. The Balaban J connectivity index is 1.56. The number of aliphatic hydroxyl groups excluding tert-OH is 1. The maximum atomic E-state index is 13.6. The summed E-state index contributed by atoms with van der Waals surface area (Å²) in [4.78, 5) is 33.3. The molecule has 3 heterocycles. The third-order valence-corrected chi connectivity index (χ3v) is 8.16. The number of aryl methyl sites for hydroxylation is 2. The minimum absolute atomic E-state index is 0.0126. The largest absolute Gasteiger partial charge is 0.507 e.